The Kier molecular flexibility index (Phi) is 6.24. The van der Waals surface area contributed by atoms with Crippen LogP contribution in [-0.4, -0.2) is 60.9 Å². The standard InChI is InChI=1S/C20H22N2O4S/c1-26-17-8-4-3-7-16(17)21-10-12-22(13-11-21)19(23)14-27-18-9-5-2-6-15(18)20(24)25/h2-9H,10-14H2,1H3,(H,24,25). The molecule has 0 bridgehead atoms. The number of carboxylic acids is 1. The third-order valence-electron chi connectivity index (χ3n) is 4.53. The second kappa shape index (κ2) is 8.81. The van der Waals surface area contributed by atoms with Gasteiger partial charge in [-0.15, -0.1) is 11.8 Å². The zero-order valence-electron chi connectivity index (χ0n) is 15.1. The van der Waals surface area contributed by atoms with E-state index in [0.29, 0.717) is 18.0 Å². The van der Waals surface area contributed by atoms with Gasteiger partial charge in [0.1, 0.15) is 5.75 Å². The molecule has 142 valence electrons. The highest BCUT2D eigenvalue weighted by Gasteiger charge is 2.23. The zero-order chi connectivity index (χ0) is 19.2. The number of methoxy groups -OCH3 is 1. The van der Waals surface area contributed by atoms with Gasteiger partial charge in [-0.1, -0.05) is 24.3 Å². The molecule has 27 heavy (non-hydrogen) atoms. The number of rotatable bonds is 6. The zero-order valence-corrected chi connectivity index (χ0v) is 15.9. The summed E-state index contributed by atoms with van der Waals surface area (Å²) in [5.74, 6) is 0.118. The van der Waals surface area contributed by atoms with Gasteiger partial charge in [0.15, 0.2) is 0 Å². The summed E-state index contributed by atoms with van der Waals surface area (Å²) >= 11 is 1.27. The number of anilines is 1. The molecule has 1 fully saturated rings. The highest BCUT2D eigenvalue weighted by molar-refractivity contribution is 8.00. The second-order valence-electron chi connectivity index (χ2n) is 6.13. The molecule has 3 rings (SSSR count). The van der Waals surface area contributed by atoms with Gasteiger partial charge in [0.05, 0.1) is 24.1 Å². The van der Waals surface area contributed by atoms with Crippen LogP contribution in [0.25, 0.3) is 0 Å². The van der Waals surface area contributed by atoms with E-state index in [2.05, 4.69) is 4.90 Å². The van der Waals surface area contributed by atoms with Crippen molar-refractivity contribution in [3.8, 4) is 5.75 Å². The number of benzene rings is 2. The Morgan fingerprint density at radius 2 is 1.70 bits per heavy atom. The maximum Gasteiger partial charge on any atom is 0.336 e. The van der Waals surface area contributed by atoms with Gasteiger partial charge in [-0.25, -0.2) is 4.79 Å². The Morgan fingerprint density at radius 1 is 1.04 bits per heavy atom. The predicted octanol–water partition coefficient (Wildman–Crippen LogP) is 2.83. The molecule has 2 aromatic rings. The normalized spacial score (nSPS) is 14.1. The van der Waals surface area contributed by atoms with Crippen molar-refractivity contribution in [3.63, 3.8) is 0 Å². The van der Waals surface area contributed by atoms with Gasteiger partial charge in [0.2, 0.25) is 5.91 Å². The molecule has 0 spiro atoms. The van der Waals surface area contributed by atoms with Crippen molar-refractivity contribution in [1.82, 2.24) is 4.90 Å². The van der Waals surface area contributed by atoms with Crippen LogP contribution in [0.2, 0.25) is 0 Å². The molecule has 6 nitrogen and oxygen atoms in total. The summed E-state index contributed by atoms with van der Waals surface area (Å²) < 4.78 is 5.42. The van der Waals surface area contributed by atoms with Crippen molar-refractivity contribution < 1.29 is 19.4 Å². The third-order valence-corrected chi connectivity index (χ3v) is 5.59. The number of hydrogen-bond acceptors (Lipinski definition) is 5. The first-order valence-electron chi connectivity index (χ1n) is 8.71. The number of carboxylic acid groups (broad SMARTS) is 1. The summed E-state index contributed by atoms with van der Waals surface area (Å²) in [5, 5.41) is 9.24. The van der Waals surface area contributed by atoms with Crippen molar-refractivity contribution in [2.45, 2.75) is 4.90 Å². The van der Waals surface area contributed by atoms with Crippen LogP contribution in [-0.2, 0) is 4.79 Å². The van der Waals surface area contributed by atoms with Gasteiger partial charge >= 0.3 is 5.97 Å². The Labute approximate surface area is 162 Å². The van der Waals surface area contributed by atoms with Crippen molar-refractivity contribution >= 4 is 29.3 Å². The van der Waals surface area contributed by atoms with E-state index in [1.54, 1.807) is 31.4 Å². The lowest BCUT2D eigenvalue weighted by Crippen LogP contribution is -2.49. The first-order valence-corrected chi connectivity index (χ1v) is 9.69. The number of hydrogen-bond donors (Lipinski definition) is 1. The SMILES string of the molecule is COc1ccccc1N1CCN(C(=O)CSc2ccccc2C(=O)O)CC1. The number of nitrogens with zero attached hydrogens (tertiary/aromatic N) is 2. The number of thioether (sulfide) groups is 1. The van der Waals surface area contributed by atoms with E-state index in [1.165, 1.54) is 11.8 Å². The minimum atomic E-state index is -0.976. The number of carbonyl (C=O) groups is 2. The van der Waals surface area contributed by atoms with Gasteiger partial charge in [-0.05, 0) is 24.3 Å². The molecule has 1 saturated heterocycles. The maximum atomic E-state index is 12.5. The lowest BCUT2D eigenvalue weighted by Gasteiger charge is -2.36. The number of piperazine rings is 1. The topological polar surface area (TPSA) is 70.1 Å². The molecular weight excluding hydrogens is 364 g/mol. The molecule has 1 amide bonds. The lowest BCUT2D eigenvalue weighted by molar-refractivity contribution is -0.128. The van der Waals surface area contributed by atoms with E-state index < -0.39 is 5.97 Å². The summed E-state index contributed by atoms with van der Waals surface area (Å²) in [7, 11) is 1.66. The Balaban J connectivity index is 1.55. The van der Waals surface area contributed by atoms with Crippen LogP contribution in [0.1, 0.15) is 10.4 Å². The summed E-state index contributed by atoms with van der Waals surface area (Å²) in [6.45, 7) is 2.75. The largest absolute Gasteiger partial charge is 0.495 e. The first-order chi connectivity index (χ1) is 13.1. The quantitative estimate of drug-likeness (QED) is 0.770. The molecule has 0 unspecified atom stereocenters. The number of para-hydroxylation sites is 2. The van der Waals surface area contributed by atoms with Gasteiger partial charge in [-0.3, -0.25) is 4.79 Å². The van der Waals surface area contributed by atoms with Crippen LogP contribution in [0.4, 0.5) is 5.69 Å². The number of ether oxygens (including phenoxy) is 1. The molecule has 0 saturated carbocycles. The van der Waals surface area contributed by atoms with E-state index >= 15 is 0 Å². The van der Waals surface area contributed by atoms with Crippen LogP contribution < -0.4 is 9.64 Å². The molecule has 0 aliphatic carbocycles. The molecule has 7 heteroatoms. The maximum absolute atomic E-state index is 12.5. The molecule has 1 heterocycles. The average molecular weight is 386 g/mol. The fourth-order valence-corrected chi connectivity index (χ4v) is 4.03. The monoisotopic (exact) mass is 386 g/mol. The third kappa shape index (κ3) is 4.54. The van der Waals surface area contributed by atoms with E-state index in [-0.39, 0.29) is 17.2 Å². The molecule has 1 aliphatic rings. The van der Waals surface area contributed by atoms with Crippen LogP contribution >= 0.6 is 11.8 Å². The van der Waals surface area contributed by atoms with E-state index in [1.807, 2.05) is 29.2 Å². The summed E-state index contributed by atoms with van der Waals surface area (Å²) in [6.07, 6.45) is 0. The molecule has 1 aliphatic heterocycles. The molecule has 0 radical (unpaired) electrons. The fourth-order valence-electron chi connectivity index (χ4n) is 3.09. The van der Waals surface area contributed by atoms with E-state index in [9.17, 15) is 14.7 Å². The van der Waals surface area contributed by atoms with Crippen LogP contribution in [0.15, 0.2) is 53.4 Å². The van der Waals surface area contributed by atoms with Crippen LogP contribution in [0, 0.1) is 0 Å². The smallest absolute Gasteiger partial charge is 0.336 e. The van der Waals surface area contributed by atoms with Crippen molar-refractivity contribution in [2.24, 2.45) is 0 Å². The summed E-state index contributed by atoms with van der Waals surface area (Å²) in [6, 6.07) is 14.6. The summed E-state index contributed by atoms with van der Waals surface area (Å²) in [5.41, 5.74) is 1.27. The van der Waals surface area contributed by atoms with E-state index in [4.69, 9.17) is 4.74 Å². The Morgan fingerprint density at radius 3 is 2.41 bits per heavy atom. The van der Waals surface area contributed by atoms with Gasteiger partial charge in [-0.2, -0.15) is 0 Å². The van der Waals surface area contributed by atoms with E-state index in [0.717, 1.165) is 24.5 Å². The molecule has 2 aromatic carbocycles. The van der Waals surface area contributed by atoms with Gasteiger partial charge in [0.25, 0.3) is 0 Å². The highest BCUT2D eigenvalue weighted by Crippen LogP contribution is 2.28. The molecule has 1 N–H and O–H groups in total. The van der Waals surface area contributed by atoms with Crippen molar-refractivity contribution in [1.29, 1.82) is 0 Å². The average Bonchev–Trinajstić information content (AvgIpc) is 2.72. The van der Waals surface area contributed by atoms with Crippen LogP contribution in [0.5, 0.6) is 5.75 Å². The predicted molar refractivity (Wildman–Crippen MR) is 106 cm³/mol. The Bertz CT molecular complexity index is 819. The number of carbonyl (C=O) groups excluding carboxylic acids is 1. The molecule has 0 aromatic heterocycles. The summed E-state index contributed by atoms with van der Waals surface area (Å²) in [4.78, 5) is 28.5. The lowest BCUT2D eigenvalue weighted by atomic mass is 10.2. The minimum absolute atomic E-state index is 0.0277. The van der Waals surface area contributed by atoms with Crippen molar-refractivity contribution in [3.05, 3.63) is 54.1 Å². The highest BCUT2D eigenvalue weighted by atomic mass is 32.2. The van der Waals surface area contributed by atoms with Gasteiger partial charge in [0, 0.05) is 31.1 Å². The Hall–Kier alpha value is -2.67. The number of amides is 1. The first kappa shape index (κ1) is 19.1. The van der Waals surface area contributed by atoms with Gasteiger partial charge < -0.3 is 19.6 Å². The fraction of sp³-hybridized carbons (Fsp3) is 0.300. The minimum Gasteiger partial charge on any atom is -0.495 e. The van der Waals surface area contributed by atoms with Crippen LogP contribution in [0.3, 0.4) is 0 Å². The van der Waals surface area contributed by atoms with Crippen molar-refractivity contribution in [2.75, 3.05) is 43.9 Å². The number of aromatic carboxylic acids is 1. The second-order valence-corrected chi connectivity index (χ2v) is 7.15. The molecular formula is C20H22N2O4S. The molecule has 0 atom stereocenters.